The quantitative estimate of drug-likeness (QED) is 0.787. The van der Waals surface area contributed by atoms with Crippen LogP contribution in [0.4, 0.5) is 5.69 Å². The smallest absolute Gasteiger partial charge is 0.259 e. The Morgan fingerprint density at radius 2 is 1.96 bits per heavy atom. The zero-order valence-electron chi connectivity index (χ0n) is 13.2. The third-order valence-corrected chi connectivity index (χ3v) is 3.67. The van der Waals surface area contributed by atoms with E-state index in [1.165, 1.54) is 0 Å². The van der Waals surface area contributed by atoms with Crippen molar-refractivity contribution in [1.29, 1.82) is 0 Å². The summed E-state index contributed by atoms with van der Waals surface area (Å²) < 4.78 is 3.53. The molecule has 0 unspecified atom stereocenters. The lowest BCUT2D eigenvalue weighted by Crippen LogP contribution is -2.14. The van der Waals surface area contributed by atoms with Crippen molar-refractivity contribution in [2.75, 3.05) is 5.32 Å². The van der Waals surface area contributed by atoms with E-state index >= 15 is 0 Å². The summed E-state index contributed by atoms with van der Waals surface area (Å²) in [6.07, 6.45) is 5.76. The van der Waals surface area contributed by atoms with Crippen LogP contribution in [0.3, 0.4) is 0 Å². The average molecular weight is 309 g/mol. The van der Waals surface area contributed by atoms with Crippen LogP contribution < -0.4 is 5.32 Å². The van der Waals surface area contributed by atoms with Gasteiger partial charge in [0.05, 0.1) is 35.9 Å². The maximum atomic E-state index is 12.5. The molecule has 3 rings (SSSR count). The van der Waals surface area contributed by atoms with E-state index in [1.54, 1.807) is 23.3 Å². The molecule has 0 spiro atoms. The zero-order valence-corrected chi connectivity index (χ0v) is 13.2. The van der Waals surface area contributed by atoms with Crippen LogP contribution in [0.25, 0.3) is 0 Å². The van der Waals surface area contributed by atoms with Gasteiger partial charge in [0, 0.05) is 13.2 Å². The molecule has 118 valence electrons. The van der Waals surface area contributed by atoms with Crippen LogP contribution in [-0.2, 0) is 20.0 Å². The van der Waals surface area contributed by atoms with Gasteiger partial charge in [-0.15, -0.1) is 0 Å². The number of aryl methyl sites for hydroxylation is 1. The fraction of sp³-hybridized carbons (Fsp3) is 0.235. The van der Waals surface area contributed by atoms with Gasteiger partial charge in [0.25, 0.3) is 5.91 Å². The molecule has 1 aromatic carbocycles. The number of nitrogens with one attached hydrogen (secondary N) is 1. The Hall–Kier alpha value is -2.89. The van der Waals surface area contributed by atoms with Crippen molar-refractivity contribution in [2.24, 2.45) is 7.05 Å². The van der Waals surface area contributed by atoms with Gasteiger partial charge in [0.2, 0.25) is 0 Å². The molecule has 0 bridgehead atoms. The van der Waals surface area contributed by atoms with Gasteiger partial charge in [-0.3, -0.25) is 14.2 Å². The third-order valence-electron chi connectivity index (χ3n) is 3.67. The highest BCUT2D eigenvalue weighted by atomic mass is 16.1. The molecule has 0 radical (unpaired) electrons. The van der Waals surface area contributed by atoms with Gasteiger partial charge in [-0.25, -0.2) is 0 Å². The van der Waals surface area contributed by atoms with Gasteiger partial charge in [0.15, 0.2) is 0 Å². The van der Waals surface area contributed by atoms with Crippen LogP contribution in [-0.4, -0.2) is 25.5 Å². The predicted molar refractivity (Wildman–Crippen MR) is 88.3 cm³/mol. The van der Waals surface area contributed by atoms with Gasteiger partial charge in [-0.2, -0.15) is 10.2 Å². The number of carbonyl (C=O) groups excluding carboxylic acids is 1. The lowest BCUT2D eigenvalue weighted by Gasteiger charge is -2.08. The van der Waals surface area contributed by atoms with Crippen LogP contribution in [0.15, 0.2) is 48.9 Å². The van der Waals surface area contributed by atoms with E-state index in [2.05, 4.69) is 27.6 Å². The summed E-state index contributed by atoms with van der Waals surface area (Å²) >= 11 is 0. The van der Waals surface area contributed by atoms with Crippen molar-refractivity contribution in [2.45, 2.75) is 19.9 Å². The summed E-state index contributed by atoms with van der Waals surface area (Å²) in [4.78, 5) is 12.5. The van der Waals surface area contributed by atoms with Gasteiger partial charge >= 0.3 is 0 Å². The molecule has 0 aliphatic rings. The van der Waals surface area contributed by atoms with Crippen LogP contribution in [0, 0.1) is 0 Å². The molecule has 2 aromatic heterocycles. The van der Waals surface area contributed by atoms with Crippen LogP contribution in [0.2, 0.25) is 0 Å². The molecule has 0 fully saturated rings. The van der Waals surface area contributed by atoms with E-state index < -0.39 is 0 Å². The van der Waals surface area contributed by atoms with Crippen molar-refractivity contribution >= 4 is 11.6 Å². The standard InChI is InChI=1S/C17H19N5O/c1-3-16-15(17(23)20-14-9-18-21(2)12-14)10-19-22(16)11-13-7-5-4-6-8-13/h4-10,12H,3,11H2,1-2H3,(H,20,23). The number of anilines is 1. The van der Waals surface area contributed by atoms with Crippen LogP contribution in [0.5, 0.6) is 0 Å². The third kappa shape index (κ3) is 3.31. The second kappa shape index (κ2) is 6.48. The molecular weight excluding hydrogens is 290 g/mol. The fourth-order valence-corrected chi connectivity index (χ4v) is 2.55. The molecule has 6 heteroatoms. The highest BCUT2D eigenvalue weighted by Gasteiger charge is 2.17. The molecule has 3 aromatic rings. The van der Waals surface area contributed by atoms with E-state index in [0.29, 0.717) is 17.8 Å². The molecule has 0 saturated heterocycles. The first kappa shape index (κ1) is 15.0. The summed E-state index contributed by atoms with van der Waals surface area (Å²) in [6.45, 7) is 2.68. The Bertz CT molecular complexity index is 804. The van der Waals surface area contributed by atoms with Crippen molar-refractivity contribution in [3.05, 3.63) is 65.7 Å². The molecule has 23 heavy (non-hydrogen) atoms. The first-order valence-corrected chi connectivity index (χ1v) is 7.56. The minimum absolute atomic E-state index is 0.158. The topological polar surface area (TPSA) is 64.7 Å². The lowest BCUT2D eigenvalue weighted by atomic mass is 10.1. The molecule has 6 nitrogen and oxygen atoms in total. The van der Waals surface area contributed by atoms with Crippen molar-refractivity contribution in [3.8, 4) is 0 Å². The number of hydrogen-bond donors (Lipinski definition) is 1. The Labute approximate surface area is 134 Å². The van der Waals surface area contributed by atoms with Crippen molar-refractivity contribution < 1.29 is 4.79 Å². The summed E-state index contributed by atoms with van der Waals surface area (Å²) in [5.74, 6) is -0.158. The molecule has 1 N–H and O–H groups in total. The van der Waals surface area contributed by atoms with E-state index in [0.717, 1.165) is 17.7 Å². The van der Waals surface area contributed by atoms with E-state index in [-0.39, 0.29) is 5.91 Å². The SMILES string of the molecule is CCc1c(C(=O)Nc2cnn(C)c2)cnn1Cc1ccccc1. The molecule has 0 aliphatic heterocycles. The Morgan fingerprint density at radius 3 is 2.61 bits per heavy atom. The summed E-state index contributed by atoms with van der Waals surface area (Å²) in [5.41, 5.74) is 3.36. The summed E-state index contributed by atoms with van der Waals surface area (Å²) in [6, 6.07) is 10.1. The normalized spacial score (nSPS) is 10.7. The van der Waals surface area contributed by atoms with Gasteiger partial charge in [-0.1, -0.05) is 37.3 Å². The van der Waals surface area contributed by atoms with Crippen molar-refractivity contribution in [3.63, 3.8) is 0 Å². The number of benzene rings is 1. The van der Waals surface area contributed by atoms with Gasteiger partial charge < -0.3 is 5.32 Å². The first-order valence-electron chi connectivity index (χ1n) is 7.56. The number of hydrogen-bond acceptors (Lipinski definition) is 3. The number of aromatic nitrogens is 4. The summed E-state index contributed by atoms with van der Waals surface area (Å²) in [5, 5.41) is 11.3. The van der Waals surface area contributed by atoms with Gasteiger partial charge in [-0.05, 0) is 12.0 Å². The van der Waals surface area contributed by atoms with Gasteiger partial charge in [0.1, 0.15) is 0 Å². The minimum Gasteiger partial charge on any atom is -0.319 e. The number of nitrogens with zero attached hydrogens (tertiary/aromatic N) is 4. The number of amides is 1. The zero-order chi connectivity index (χ0) is 16.2. The van der Waals surface area contributed by atoms with E-state index in [9.17, 15) is 4.79 Å². The number of carbonyl (C=O) groups is 1. The van der Waals surface area contributed by atoms with Crippen LogP contribution >= 0.6 is 0 Å². The lowest BCUT2D eigenvalue weighted by molar-refractivity contribution is 0.102. The molecule has 0 aliphatic carbocycles. The van der Waals surface area contributed by atoms with E-state index in [1.807, 2.05) is 36.9 Å². The monoisotopic (exact) mass is 309 g/mol. The summed E-state index contributed by atoms with van der Waals surface area (Å²) in [7, 11) is 1.81. The Morgan fingerprint density at radius 1 is 1.17 bits per heavy atom. The Kier molecular flexibility index (Phi) is 4.23. The highest BCUT2D eigenvalue weighted by molar-refractivity contribution is 6.04. The second-order valence-corrected chi connectivity index (χ2v) is 5.36. The minimum atomic E-state index is -0.158. The number of rotatable bonds is 5. The largest absolute Gasteiger partial charge is 0.319 e. The Balaban J connectivity index is 1.81. The van der Waals surface area contributed by atoms with Crippen molar-refractivity contribution in [1.82, 2.24) is 19.6 Å². The molecule has 0 atom stereocenters. The maximum Gasteiger partial charge on any atom is 0.259 e. The van der Waals surface area contributed by atoms with E-state index in [4.69, 9.17) is 0 Å². The predicted octanol–water partition coefficient (Wildman–Crippen LogP) is 2.48. The second-order valence-electron chi connectivity index (χ2n) is 5.36. The average Bonchev–Trinajstić information content (AvgIpc) is 3.14. The first-order chi connectivity index (χ1) is 11.2. The highest BCUT2D eigenvalue weighted by Crippen LogP contribution is 2.14. The molecule has 0 saturated carbocycles. The van der Waals surface area contributed by atoms with Crippen LogP contribution in [0.1, 0.15) is 28.5 Å². The maximum absolute atomic E-state index is 12.5. The molecule has 2 heterocycles. The fourth-order valence-electron chi connectivity index (χ4n) is 2.55. The molecule has 1 amide bonds. The molecular formula is C17H19N5O.